The topological polar surface area (TPSA) is 153 Å². The number of imidazole rings is 1. The van der Waals surface area contributed by atoms with Gasteiger partial charge in [-0.1, -0.05) is 17.7 Å². The lowest BCUT2D eigenvalue weighted by Gasteiger charge is -2.05. The van der Waals surface area contributed by atoms with Crippen molar-refractivity contribution in [3.8, 4) is 0 Å². The van der Waals surface area contributed by atoms with E-state index in [1.165, 1.54) is 46.7 Å². The number of rotatable bonds is 7. The van der Waals surface area contributed by atoms with Crippen LogP contribution in [0.5, 0.6) is 0 Å². The summed E-state index contributed by atoms with van der Waals surface area (Å²) < 4.78 is 7.72. The predicted octanol–water partition coefficient (Wildman–Crippen LogP) is 2.18. The second-order valence-electron chi connectivity index (χ2n) is 6.01. The first kappa shape index (κ1) is 20.8. The fraction of sp³-hybridized carbons (Fsp3) is 0.176. The Bertz CT molecular complexity index is 1300. The molecular formula is C17H16ClN7O5. The fourth-order valence-electron chi connectivity index (χ4n) is 2.52. The molecule has 156 valence electrons. The summed E-state index contributed by atoms with van der Waals surface area (Å²) in [5, 5.41) is 15.1. The van der Waals surface area contributed by atoms with Crippen molar-refractivity contribution in [2.45, 2.75) is 13.5 Å². The molecule has 0 aromatic carbocycles. The predicted molar refractivity (Wildman–Crippen MR) is 112 cm³/mol. The number of aryl methyl sites for hydroxylation is 1. The van der Waals surface area contributed by atoms with E-state index in [4.69, 9.17) is 16.0 Å². The highest BCUT2D eigenvalue weighted by molar-refractivity contribution is 6.29. The van der Waals surface area contributed by atoms with Crippen LogP contribution in [0.15, 0.2) is 48.4 Å². The van der Waals surface area contributed by atoms with Crippen LogP contribution in [0.4, 0.5) is 11.8 Å². The quantitative estimate of drug-likeness (QED) is 0.329. The second kappa shape index (κ2) is 8.61. The summed E-state index contributed by atoms with van der Waals surface area (Å²) in [5.74, 6) is 0.130. The van der Waals surface area contributed by atoms with Gasteiger partial charge in [0.25, 0.3) is 5.56 Å². The molecule has 2 N–H and O–H groups in total. The maximum absolute atomic E-state index is 12.3. The summed E-state index contributed by atoms with van der Waals surface area (Å²) in [6, 6.07) is 2.69. The zero-order valence-electron chi connectivity index (χ0n) is 15.8. The normalized spacial score (nSPS) is 12.4. The second-order valence-corrected chi connectivity index (χ2v) is 6.61. The summed E-state index contributed by atoms with van der Waals surface area (Å²) in [5.41, 5.74) is 1.89. The number of anilines is 1. The van der Waals surface area contributed by atoms with Crippen LogP contribution in [0.2, 0.25) is 0 Å². The average molecular weight is 434 g/mol. The van der Waals surface area contributed by atoms with Crippen LogP contribution in [0.25, 0.3) is 17.2 Å². The molecule has 30 heavy (non-hydrogen) atoms. The lowest BCUT2D eigenvalue weighted by molar-refractivity contribution is -0.402. The van der Waals surface area contributed by atoms with Crippen molar-refractivity contribution in [3.05, 3.63) is 66.0 Å². The molecule has 3 aromatic rings. The molecule has 0 fully saturated rings. The van der Waals surface area contributed by atoms with E-state index in [2.05, 4.69) is 20.5 Å². The van der Waals surface area contributed by atoms with Crippen LogP contribution in [-0.4, -0.2) is 30.2 Å². The summed E-state index contributed by atoms with van der Waals surface area (Å²) in [7, 11) is 1.49. The summed E-state index contributed by atoms with van der Waals surface area (Å²) in [6.07, 6.45) is 6.01. The maximum atomic E-state index is 12.3. The number of H-pyrrole nitrogens is 1. The molecule has 0 radical (unpaired) electrons. The Labute approximate surface area is 172 Å². The van der Waals surface area contributed by atoms with E-state index in [0.717, 1.165) is 0 Å². The van der Waals surface area contributed by atoms with Gasteiger partial charge in [-0.05, 0) is 25.1 Å². The third kappa shape index (κ3) is 4.38. The minimum Gasteiger partial charge on any atom is -0.401 e. The van der Waals surface area contributed by atoms with Gasteiger partial charge >= 0.3 is 11.6 Å². The van der Waals surface area contributed by atoms with Crippen LogP contribution < -0.4 is 16.7 Å². The zero-order valence-corrected chi connectivity index (χ0v) is 16.6. The molecule has 0 aliphatic heterocycles. The fourth-order valence-corrected chi connectivity index (χ4v) is 2.59. The molecule has 0 spiro atoms. The summed E-state index contributed by atoms with van der Waals surface area (Å²) in [4.78, 5) is 40.6. The van der Waals surface area contributed by atoms with Gasteiger partial charge in [-0.15, -0.1) is 0 Å². The molecular weight excluding hydrogens is 418 g/mol. The monoisotopic (exact) mass is 433 g/mol. The molecule has 12 nitrogen and oxygen atoms in total. The van der Waals surface area contributed by atoms with Gasteiger partial charge in [0.15, 0.2) is 11.2 Å². The molecule has 0 saturated heterocycles. The van der Waals surface area contributed by atoms with Crippen LogP contribution in [0, 0.1) is 10.1 Å². The third-order valence-corrected chi connectivity index (χ3v) is 4.09. The Balaban J connectivity index is 1.88. The van der Waals surface area contributed by atoms with Crippen molar-refractivity contribution in [2.24, 2.45) is 12.1 Å². The molecule has 0 unspecified atom stereocenters. The Morgan fingerprint density at radius 1 is 1.47 bits per heavy atom. The van der Waals surface area contributed by atoms with Gasteiger partial charge < -0.3 is 4.42 Å². The number of nitrogens with zero attached hydrogens (tertiary/aromatic N) is 5. The first-order valence-corrected chi connectivity index (χ1v) is 8.87. The molecule has 0 aliphatic rings. The zero-order chi connectivity index (χ0) is 21.8. The van der Waals surface area contributed by atoms with Crippen LogP contribution in [0.1, 0.15) is 12.7 Å². The molecule has 0 atom stereocenters. The van der Waals surface area contributed by atoms with Gasteiger partial charge in [-0.25, -0.2) is 10.2 Å². The van der Waals surface area contributed by atoms with Crippen molar-refractivity contribution in [2.75, 3.05) is 5.43 Å². The highest BCUT2D eigenvalue weighted by Gasteiger charge is 2.16. The van der Waals surface area contributed by atoms with Crippen molar-refractivity contribution < 1.29 is 9.34 Å². The first-order chi connectivity index (χ1) is 14.3. The number of aromatic amines is 1. The molecule has 0 aliphatic carbocycles. The highest BCUT2D eigenvalue weighted by Crippen LogP contribution is 2.17. The van der Waals surface area contributed by atoms with Crippen LogP contribution in [0.3, 0.4) is 0 Å². The molecule has 13 heteroatoms. The molecule has 0 amide bonds. The summed E-state index contributed by atoms with van der Waals surface area (Å²) in [6.45, 7) is 1.91. The van der Waals surface area contributed by atoms with Gasteiger partial charge in [0.2, 0.25) is 5.95 Å². The van der Waals surface area contributed by atoms with Crippen LogP contribution >= 0.6 is 11.6 Å². The van der Waals surface area contributed by atoms with E-state index < -0.39 is 16.2 Å². The third-order valence-electron chi connectivity index (χ3n) is 3.94. The number of furan rings is 1. The van der Waals surface area contributed by atoms with E-state index in [1.54, 1.807) is 13.0 Å². The highest BCUT2D eigenvalue weighted by atomic mass is 35.5. The van der Waals surface area contributed by atoms with Gasteiger partial charge in [-0.3, -0.25) is 29.0 Å². The standard InChI is InChI=1S/C17H16ClN7O5/c1-10(18)7-9-24-13-14(23(2)17(27)21-15(13)26)20-16(24)22-19-8-3-4-11-5-6-12(30-11)25(28)29/h3-8H,9H2,1-2H3,(H,20,22)(H,21,26,27)/b4-3+,10-7-,19-8+. The largest absolute Gasteiger partial charge is 0.433 e. The van der Waals surface area contributed by atoms with Crippen molar-refractivity contribution in [1.29, 1.82) is 0 Å². The minimum absolute atomic E-state index is 0.181. The lowest BCUT2D eigenvalue weighted by Crippen LogP contribution is -2.29. The number of hydrogen-bond donors (Lipinski definition) is 2. The van der Waals surface area contributed by atoms with Crippen molar-refractivity contribution >= 4 is 46.9 Å². The van der Waals surface area contributed by atoms with Crippen LogP contribution in [-0.2, 0) is 13.6 Å². The molecule has 3 heterocycles. The average Bonchev–Trinajstić information content (AvgIpc) is 3.29. The minimum atomic E-state index is -0.635. The van der Waals surface area contributed by atoms with Crippen molar-refractivity contribution in [3.63, 3.8) is 0 Å². The SMILES string of the molecule is C/C(Cl)=C/Cn1c(N/N=C/C=C/c2ccc([N+](=O)[O-])o2)nc2c1c(=O)[nH]c(=O)n2C. The van der Waals surface area contributed by atoms with E-state index >= 15 is 0 Å². The Morgan fingerprint density at radius 2 is 2.23 bits per heavy atom. The summed E-state index contributed by atoms with van der Waals surface area (Å²) >= 11 is 5.90. The van der Waals surface area contributed by atoms with E-state index in [0.29, 0.717) is 5.03 Å². The van der Waals surface area contributed by atoms with Gasteiger partial charge in [0.05, 0.1) is 6.07 Å². The number of halogens is 1. The van der Waals surface area contributed by atoms with E-state index in [9.17, 15) is 19.7 Å². The molecule has 0 saturated carbocycles. The molecule has 0 bridgehead atoms. The molecule has 3 rings (SSSR count). The van der Waals surface area contributed by atoms with Gasteiger partial charge in [-0.2, -0.15) is 10.1 Å². The number of allylic oxidation sites excluding steroid dienone is 3. The van der Waals surface area contributed by atoms with Gasteiger partial charge in [0, 0.05) is 24.8 Å². The number of aromatic nitrogens is 4. The smallest absolute Gasteiger partial charge is 0.401 e. The first-order valence-electron chi connectivity index (χ1n) is 8.49. The Kier molecular flexibility index (Phi) is 5.97. The molecule has 3 aromatic heterocycles. The number of nitrogens with one attached hydrogen (secondary N) is 2. The number of hydrogen-bond acceptors (Lipinski definition) is 8. The van der Waals surface area contributed by atoms with Crippen molar-refractivity contribution in [1.82, 2.24) is 19.1 Å². The number of nitro groups is 1. The maximum Gasteiger partial charge on any atom is 0.433 e. The number of hydrazone groups is 1. The Morgan fingerprint density at radius 3 is 2.90 bits per heavy atom. The van der Waals surface area contributed by atoms with E-state index in [-0.39, 0.29) is 35.3 Å². The lowest BCUT2D eigenvalue weighted by atomic mass is 10.4. The van der Waals surface area contributed by atoms with E-state index in [1.807, 2.05) is 0 Å². The van der Waals surface area contributed by atoms with Gasteiger partial charge in [0.1, 0.15) is 10.7 Å². The Hall–Kier alpha value is -3.93. The number of fused-ring (bicyclic) bond motifs is 1.